The molecule has 4 rings (SSSR count). The summed E-state index contributed by atoms with van der Waals surface area (Å²) in [5.74, 6) is -0.0720. The van der Waals surface area contributed by atoms with Crippen molar-refractivity contribution in [2.75, 3.05) is 7.11 Å². The number of ketones is 1. The van der Waals surface area contributed by atoms with Gasteiger partial charge in [-0.25, -0.2) is 0 Å². The van der Waals surface area contributed by atoms with Crippen molar-refractivity contribution in [3.63, 3.8) is 0 Å². The van der Waals surface area contributed by atoms with Crippen molar-refractivity contribution >= 4 is 11.7 Å². The third-order valence-electron chi connectivity index (χ3n) is 4.83. The fourth-order valence-electron chi connectivity index (χ4n) is 3.47. The molecular weight excluding hydrogens is 374 g/mol. The van der Waals surface area contributed by atoms with Crippen LogP contribution in [0.25, 0.3) is 0 Å². The molecule has 1 amide bonds. The van der Waals surface area contributed by atoms with E-state index in [9.17, 15) is 14.7 Å². The number of furan rings is 2. The lowest BCUT2D eigenvalue weighted by Crippen LogP contribution is -2.30. The van der Waals surface area contributed by atoms with Crippen molar-refractivity contribution in [2.24, 2.45) is 0 Å². The number of amides is 1. The average molecular weight is 393 g/mol. The molecule has 3 aromatic rings. The highest BCUT2D eigenvalue weighted by Crippen LogP contribution is 2.40. The summed E-state index contributed by atoms with van der Waals surface area (Å²) in [6, 6.07) is 12.8. The van der Waals surface area contributed by atoms with Crippen molar-refractivity contribution in [3.8, 4) is 5.75 Å². The van der Waals surface area contributed by atoms with E-state index in [0.717, 1.165) is 0 Å². The molecule has 1 aliphatic rings. The maximum Gasteiger partial charge on any atom is 0.290 e. The van der Waals surface area contributed by atoms with Gasteiger partial charge in [0.05, 0.1) is 31.5 Å². The summed E-state index contributed by atoms with van der Waals surface area (Å²) in [5, 5.41) is 10.6. The lowest BCUT2D eigenvalue weighted by atomic mass is 9.95. The summed E-state index contributed by atoms with van der Waals surface area (Å²) in [4.78, 5) is 27.4. The average Bonchev–Trinajstić information content (AvgIpc) is 3.45. The number of aliphatic hydroxyl groups excluding tert-OH is 1. The Balaban J connectivity index is 1.81. The summed E-state index contributed by atoms with van der Waals surface area (Å²) in [6.07, 6.45) is 1.50. The van der Waals surface area contributed by atoms with E-state index in [-0.39, 0.29) is 17.9 Å². The van der Waals surface area contributed by atoms with Crippen LogP contribution in [0.1, 0.15) is 33.7 Å². The van der Waals surface area contributed by atoms with Gasteiger partial charge in [-0.1, -0.05) is 12.1 Å². The Morgan fingerprint density at radius 1 is 1.21 bits per heavy atom. The number of methoxy groups -OCH3 is 1. The summed E-state index contributed by atoms with van der Waals surface area (Å²) >= 11 is 0. The van der Waals surface area contributed by atoms with Crippen LogP contribution in [0.3, 0.4) is 0 Å². The molecule has 1 atom stereocenters. The zero-order valence-corrected chi connectivity index (χ0v) is 15.9. The molecule has 1 N–H and O–H groups in total. The number of nitrogens with zero attached hydrogens (tertiary/aromatic N) is 1. The molecule has 2 aromatic heterocycles. The van der Waals surface area contributed by atoms with Crippen molar-refractivity contribution in [1.29, 1.82) is 0 Å². The summed E-state index contributed by atoms with van der Waals surface area (Å²) in [6.45, 7) is 1.80. The molecule has 0 aliphatic carbocycles. The molecule has 7 heteroatoms. The standard InChI is InChI=1S/C22H19NO6/c1-13-8-9-17(29-13)20(24)18-19(14-5-3-6-15(11-14)27-2)23(22(26)21(18)25)12-16-7-4-10-28-16/h3-11,19,25H,12H2,1-2H3. The number of benzene rings is 1. The zero-order chi connectivity index (χ0) is 20.5. The molecule has 0 saturated carbocycles. The van der Waals surface area contributed by atoms with E-state index in [0.29, 0.717) is 22.8 Å². The Morgan fingerprint density at radius 3 is 2.69 bits per heavy atom. The molecule has 0 saturated heterocycles. The van der Waals surface area contributed by atoms with E-state index in [1.165, 1.54) is 24.3 Å². The fraction of sp³-hybridized carbons (Fsp3) is 0.182. The van der Waals surface area contributed by atoms with Gasteiger partial charge in [0.1, 0.15) is 17.3 Å². The van der Waals surface area contributed by atoms with Gasteiger partial charge in [0.2, 0.25) is 5.78 Å². The van der Waals surface area contributed by atoms with Gasteiger partial charge in [0.15, 0.2) is 11.5 Å². The number of hydrogen-bond acceptors (Lipinski definition) is 6. The SMILES string of the molecule is COc1cccc(C2C(C(=O)c3ccc(C)o3)=C(O)C(=O)N2Cc2ccco2)c1. The highest BCUT2D eigenvalue weighted by Gasteiger charge is 2.44. The topological polar surface area (TPSA) is 93.1 Å². The van der Waals surface area contributed by atoms with Gasteiger partial charge in [-0.05, 0) is 48.9 Å². The van der Waals surface area contributed by atoms with E-state index < -0.39 is 23.5 Å². The molecule has 1 aromatic carbocycles. The van der Waals surface area contributed by atoms with Crippen LogP contribution in [-0.4, -0.2) is 28.8 Å². The van der Waals surface area contributed by atoms with Gasteiger partial charge in [-0.15, -0.1) is 0 Å². The largest absolute Gasteiger partial charge is 0.503 e. The van der Waals surface area contributed by atoms with Crippen LogP contribution in [0.5, 0.6) is 5.75 Å². The summed E-state index contributed by atoms with van der Waals surface area (Å²) in [7, 11) is 1.53. The van der Waals surface area contributed by atoms with Crippen molar-refractivity contribution in [2.45, 2.75) is 19.5 Å². The molecule has 0 radical (unpaired) electrons. The lowest BCUT2D eigenvalue weighted by Gasteiger charge is -2.26. The molecule has 1 aliphatic heterocycles. The number of aryl methyl sites for hydroxylation is 1. The summed E-state index contributed by atoms with van der Waals surface area (Å²) in [5.41, 5.74) is 0.587. The molecule has 0 bridgehead atoms. The van der Waals surface area contributed by atoms with Crippen LogP contribution in [0.2, 0.25) is 0 Å². The highest BCUT2D eigenvalue weighted by molar-refractivity contribution is 6.15. The molecule has 148 valence electrons. The Morgan fingerprint density at radius 2 is 2.03 bits per heavy atom. The van der Waals surface area contributed by atoms with Crippen molar-refractivity contribution < 1.29 is 28.3 Å². The van der Waals surface area contributed by atoms with E-state index in [2.05, 4.69) is 0 Å². The first-order valence-electron chi connectivity index (χ1n) is 9.01. The third kappa shape index (κ3) is 3.31. The van der Waals surface area contributed by atoms with Crippen LogP contribution in [0.4, 0.5) is 0 Å². The maximum atomic E-state index is 13.2. The smallest absolute Gasteiger partial charge is 0.290 e. The first-order chi connectivity index (χ1) is 14.0. The zero-order valence-electron chi connectivity index (χ0n) is 15.9. The van der Waals surface area contributed by atoms with Crippen LogP contribution in [0, 0.1) is 6.92 Å². The Labute approximate surface area is 166 Å². The second-order valence-electron chi connectivity index (χ2n) is 6.69. The maximum absolute atomic E-state index is 13.2. The predicted octanol–water partition coefficient (Wildman–Crippen LogP) is 3.97. The van der Waals surface area contributed by atoms with E-state index in [1.807, 2.05) is 0 Å². The van der Waals surface area contributed by atoms with Crippen molar-refractivity contribution in [3.05, 3.63) is 89.0 Å². The van der Waals surface area contributed by atoms with Gasteiger partial charge in [0, 0.05) is 0 Å². The van der Waals surface area contributed by atoms with E-state index >= 15 is 0 Å². The lowest BCUT2D eigenvalue weighted by molar-refractivity contribution is -0.130. The minimum atomic E-state index is -0.819. The predicted molar refractivity (Wildman–Crippen MR) is 102 cm³/mol. The Kier molecular flexibility index (Phi) is 4.72. The molecule has 29 heavy (non-hydrogen) atoms. The van der Waals surface area contributed by atoms with Gasteiger partial charge in [-0.2, -0.15) is 0 Å². The monoisotopic (exact) mass is 393 g/mol. The number of hydrogen-bond donors (Lipinski definition) is 1. The highest BCUT2D eigenvalue weighted by atomic mass is 16.5. The molecular formula is C22H19NO6. The van der Waals surface area contributed by atoms with Crippen LogP contribution in [0.15, 0.2) is 75.0 Å². The Hall–Kier alpha value is -3.74. The normalized spacial score (nSPS) is 16.6. The van der Waals surface area contributed by atoms with Crippen molar-refractivity contribution in [1.82, 2.24) is 4.90 Å². The van der Waals surface area contributed by atoms with Gasteiger partial charge >= 0.3 is 0 Å². The van der Waals surface area contributed by atoms with Gasteiger partial charge < -0.3 is 23.6 Å². The quantitative estimate of drug-likeness (QED) is 0.637. The van der Waals surface area contributed by atoms with Crippen LogP contribution in [-0.2, 0) is 11.3 Å². The molecule has 1 unspecified atom stereocenters. The minimum Gasteiger partial charge on any atom is -0.503 e. The molecule has 0 spiro atoms. The first-order valence-corrected chi connectivity index (χ1v) is 9.01. The van der Waals surface area contributed by atoms with E-state index in [1.54, 1.807) is 49.4 Å². The number of carbonyl (C=O) groups is 2. The van der Waals surface area contributed by atoms with E-state index in [4.69, 9.17) is 13.6 Å². The van der Waals surface area contributed by atoms with Crippen LogP contribution < -0.4 is 4.74 Å². The second kappa shape index (κ2) is 7.35. The van der Waals surface area contributed by atoms with Gasteiger partial charge in [-0.3, -0.25) is 9.59 Å². The molecule has 7 nitrogen and oxygen atoms in total. The number of aliphatic hydroxyl groups is 1. The molecule has 0 fully saturated rings. The number of Topliss-reactive ketones (excluding diaryl/α,β-unsaturated/α-hetero) is 1. The first kappa shape index (κ1) is 18.6. The number of carbonyl (C=O) groups excluding carboxylic acids is 2. The fourth-order valence-corrected chi connectivity index (χ4v) is 3.47. The second-order valence-corrected chi connectivity index (χ2v) is 6.69. The van der Waals surface area contributed by atoms with Crippen LogP contribution >= 0.6 is 0 Å². The Bertz CT molecular complexity index is 1090. The molecule has 3 heterocycles. The number of ether oxygens (including phenoxy) is 1. The third-order valence-corrected chi connectivity index (χ3v) is 4.83. The number of rotatable bonds is 6. The van der Waals surface area contributed by atoms with Gasteiger partial charge in [0.25, 0.3) is 5.91 Å². The minimum absolute atomic E-state index is 0.0378. The summed E-state index contributed by atoms with van der Waals surface area (Å²) < 4.78 is 16.1.